The molecule has 34 heavy (non-hydrogen) atoms. The number of carbonyl (C=O) groups excluding carboxylic acids is 2. The normalized spacial score (nSPS) is 19.7. The highest BCUT2D eigenvalue weighted by molar-refractivity contribution is 6.06. The second-order valence-electron chi connectivity index (χ2n) is 8.95. The van der Waals surface area contributed by atoms with Crippen molar-refractivity contribution in [2.75, 3.05) is 18.0 Å². The van der Waals surface area contributed by atoms with Gasteiger partial charge in [0.15, 0.2) is 0 Å². The molecule has 0 bridgehead atoms. The Morgan fingerprint density at radius 2 is 1.94 bits per heavy atom. The highest BCUT2D eigenvalue weighted by Crippen LogP contribution is 2.35. The smallest absolute Gasteiger partial charge is 0.259 e. The Bertz CT molecular complexity index is 1190. The van der Waals surface area contributed by atoms with E-state index in [9.17, 15) is 14.0 Å². The van der Waals surface area contributed by atoms with Gasteiger partial charge in [-0.25, -0.2) is 4.39 Å². The van der Waals surface area contributed by atoms with Gasteiger partial charge in [-0.1, -0.05) is 30.3 Å². The maximum Gasteiger partial charge on any atom is 0.259 e. The van der Waals surface area contributed by atoms with Crippen LogP contribution < -0.4 is 10.2 Å². The third-order valence-corrected chi connectivity index (χ3v) is 6.74. The van der Waals surface area contributed by atoms with Gasteiger partial charge in [-0.05, 0) is 54.3 Å². The summed E-state index contributed by atoms with van der Waals surface area (Å²) in [5, 5.41) is 3.04. The molecule has 0 aliphatic carbocycles. The zero-order chi connectivity index (χ0) is 23.5. The lowest BCUT2D eigenvalue weighted by Crippen LogP contribution is -2.46. The zero-order valence-corrected chi connectivity index (χ0v) is 18.9. The maximum atomic E-state index is 13.4. The molecule has 6 nitrogen and oxygen atoms in total. The van der Waals surface area contributed by atoms with Crippen molar-refractivity contribution in [3.8, 4) is 0 Å². The van der Waals surface area contributed by atoms with E-state index in [1.54, 1.807) is 36.7 Å². The number of rotatable bonds is 5. The van der Waals surface area contributed by atoms with Gasteiger partial charge < -0.3 is 10.2 Å². The van der Waals surface area contributed by atoms with Crippen LogP contribution in [0.3, 0.4) is 0 Å². The molecular formula is C27H27FN4O2. The van der Waals surface area contributed by atoms with Crippen LogP contribution in [0.25, 0.3) is 0 Å². The molecule has 5 rings (SSSR count). The monoisotopic (exact) mass is 458 g/mol. The predicted molar refractivity (Wildman–Crippen MR) is 128 cm³/mol. The van der Waals surface area contributed by atoms with E-state index in [1.807, 2.05) is 23.1 Å². The van der Waals surface area contributed by atoms with Crippen LogP contribution in [-0.4, -0.2) is 46.9 Å². The number of anilines is 1. The van der Waals surface area contributed by atoms with Crippen LogP contribution in [0, 0.1) is 5.82 Å². The number of nitrogens with one attached hydrogen (secondary N) is 1. The number of pyridine rings is 1. The fraction of sp³-hybridized carbons (Fsp3) is 0.296. The summed E-state index contributed by atoms with van der Waals surface area (Å²) in [5.41, 5.74) is 3.26. The quantitative estimate of drug-likeness (QED) is 0.635. The number of halogens is 1. The molecule has 174 valence electrons. The fourth-order valence-corrected chi connectivity index (χ4v) is 5.07. The summed E-state index contributed by atoms with van der Waals surface area (Å²) in [6.45, 7) is 1.85. The summed E-state index contributed by atoms with van der Waals surface area (Å²) in [5.74, 6) is -0.496. The van der Waals surface area contributed by atoms with Crippen molar-refractivity contribution >= 4 is 17.5 Å². The van der Waals surface area contributed by atoms with E-state index in [0.29, 0.717) is 24.2 Å². The van der Waals surface area contributed by atoms with E-state index in [4.69, 9.17) is 0 Å². The number of benzene rings is 2. The lowest BCUT2D eigenvalue weighted by Gasteiger charge is -2.29. The minimum absolute atomic E-state index is 0.0470. The summed E-state index contributed by atoms with van der Waals surface area (Å²) in [4.78, 5) is 34.3. The number of amides is 2. The van der Waals surface area contributed by atoms with Crippen LogP contribution >= 0.6 is 0 Å². The Hall–Kier alpha value is -3.58. The van der Waals surface area contributed by atoms with Gasteiger partial charge in [0, 0.05) is 49.8 Å². The number of para-hydroxylation sites is 1. The number of hydrogen-bond donors (Lipinski definition) is 1. The van der Waals surface area contributed by atoms with E-state index in [2.05, 4.69) is 21.3 Å². The molecule has 2 aromatic carbocycles. The number of hydrogen-bond acceptors (Lipinski definition) is 4. The first-order valence-corrected chi connectivity index (χ1v) is 11.6. The lowest BCUT2D eigenvalue weighted by atomic mass is 10.1. The predicted octanol–water partition coefficient (Wildman–Crippen LogP) is 3.57. The Labute approximate surface area is 198 Å². The standard InChI is InChI=1S/C27H27FN4O2/c28-22-8-3-5-19(13-22)14-26(33)30-16-23-10-11-24-18-32(27(34)20-7-4-12-29-15-20)25-9-2-1-6-21(25)17-31(23)24/h1-9,12-13,15,23-24H,10-11,14,16-18H2,(H,30,33)/t23-,24-/m0/s1. The molecule has 1 fully saturated rings. The summed E-state index contributed by atoms with van der Waals surface area (Å²) < 4.78 is 13.4. The average molecular weight is 459 g/mol. The van der Waals surface area contributed by atoms with Crippen LogP contribution in [0.5, 0.6) is 0 Å². The number of aromatic nitrogens is 1. The molecule has 2 aliphatic heterocycles. The molecule has 0 saturated carbocycles. The SMILES string of the molecule is O=C(Cc1cccc(F)c1)NC[C@@H]1CC[C@H]2CN(C(=O)c3cccnc3)c3ccccc3CN12. The average Bonchev–Trinajstić information content (AvgIpc) is 3.14. The molecule has 1 N–H and O–H groups in total. The molecule has 2 atom stereocenters. The molecular weight excluding hydrogens is 431 g/mol. The lowest BCUT2D eigenvalue weighted by molar-refractivity contribution is -0.120. The molecule has 1 aromatic heterocycles. The van der Waals surface area contributed by atoms with Gasteiger partial charge in [0.2, 0.25) is 5.91 Å². The van der Waals surface area contributed by atoms with Crippen molar-refractivity contribution in [3.63, 3.8) is 0 Å². The van der Waals surface area contributed by atoms with Gasteiger partial charge in [0.05, 0.1) is 12.0 Å². The van der Waals surface area contributed by atoms with Crippen LogP contribution in [-0.2, 0) is 17.8 Å². The third-order valence-electron chi connectivity index (χ3n) is 6.74. The number of carbonyl (C=O) groups is 2. The van der Waals surface area contributed by atoms with Crippen molar-refractivity contribution in [2.24, 2.45) is 0 Å². The minimum Gasteiger partial charge on any atom is -0.354 e. The first-order valence-electron chi connectivity index (χ1n) is 11.6. The van der Waals surface area contributed by atoms with E-state index < -0.39 is 0 Å². The van der Waals surface area contributed by atoms with Crippen molar-refractivity contribution < 1.29 is 14.0 Å². The van der Waals surface area contributed by atoms with Crippen LogP contribution in [0.15, 0.2) is 73.1 Å². The Morgan fingerprint density at radius 1 is 1.06 bits per heavy atom. The molecule has 2 aliphatic rings. The number of fused-ring (bicyclic) bond motifs is 2. The van der Waals surface area contributed by atoms with Gasteiger partial charge in [-0.2, -0.15) is 0 Å². The van der Waals surface area contributed by atoms with Gasteiger partial charge in [0.25, 0.3) is 5.91 Å². The summed E-state index contributed by atoms with van der Waals surface area (Å²) in [6.07, 6.45) is 5.33. The van der Waals surface area contributed by atoms with E-state index in [0.717, 1.165) is 30.6 Å². The molecule has 7 heteroatoms. The van der Waals surface area contributed by atoms with Crippen molar-refractivity contribution in [2.45, 2.75) is 37.9 Å². The van der Waals surface area contributed by atoms with Gasteiger partial charge in [0.1, 0.15) is 5.82 Å². The minimum atomic E-state index is -0.336. The topological polar surface area (TPSA) is 65.5 Å². The largest absolute Gasteiger partial charge is 0.354 e. The molecule has 0 radical (unpaired) electrons. The van der Waals surface area contributed by atoms with E-state index >= 15 is 0 Å². The maximum absolute atomic E-state index is 13.4. The Kier molecular flexibility index (Phi) is 6.36. The van der Waals surface area contributed by atoms with Crippen molar-refractivity contribution in [1.82, 2.24) is 15.2 Å². The highest BCUT2D eigenvalue weighted by Gasteiger charge is 2.39. The third kappa shape index (κ3) is 4.70. The summed E-state index contributed by atoms with van der Waals surface area (Å²) >= 11 is 0. The van der Waals surface area contributed by atoms with Gasteiger partial charge in [-0.15, -0.1) is 0 Å². The Morgan fingerprint density at radius 3 is 2.76 bits per heavy atom. The van der Waals surface area contributed by atoms with E-state index in [-0.39, 0.29) is 36.1 Å². The zero-order valence-electron chi connectivity index (χ0n) is 18.9. The first-order chi connectivity index (χ1) is 16.6. The molecule has 2 amide bonds. The molecule has 0 spiro atoms. The molecule has 1 saturated heterocycles. The van der Waals surface area contributed by atoms with Crippen LogP contribution in [0.1, 0.15) is 34.3 Å². The summed E-state index contributed by atoms with van der Waals surface area (Å²) in [7, 11) is 0. The molecule has 3 aromatic rings. The van der Waals surface area contributed by atoms with Crippen LogP contribution in [0.2, 0.25) is 0 Å². The van der Waals surface area contributed by atoms with Crippen LogP contribution in [0.4, 0.5) is 10.1 Å². The van der Waals surface area contributed by atoms with Crippen molar-refractivity contribution in [3.05, 3.63) is 95.6 Å². The fourth-order valence-electron chi connectivity index (χ4n) is 5.07. The highest BCUT2D eigenvalue weighted by atomic mass is 19.1. The Balaban J connectivity index is 1.30. The van der Waals surface area contributed by atoms with Crippen molar-refractivity contribution in [1.29, 1.82) is 0 Å². The second kappa shape index (κ2) is 9.73. The first kappa shape index (κ1) is 22.2. The second-order valence-corrected chi connectivity index (χ2v) is 8.95. The van der Waals surface area contributed by atoms with Gasteiger partial charge >= 0.3 is 0 Å². The number of nitrogens with zero attached hydrogens (tertiary/aromatic N) is 3. The van der Waals surface area contributed by atoms with Gasteiger partial charge in [-0.3, -0.25) is 19.5 Å². The molecule has 3 heterocycles. The summed E-state index contributed by atoms with van der Waals surface area (Å²) in [6, 6.07) is 18.1. The van der Waals surface area contributed by atoms with E-state index in [1.165, 1.54) is 12.1 Å². The molecule has 0 unspecified atom stereocenters.